The van der Waals surface area contributed by atoms with Crippen LogP contribution in [-0.2, 0) is 4.79 Å². The number of hydrogen-bond donors (Lipinski definition) is 0. The average Bonchev–Trinajstić information content (AvgIpc) is 2.35. The van der Waals surface area contributed by atoms with Crippen LogP contribution in [0, 0.1) is 11.3 Å². The van der Waals surface area contributed by atoms with Gasteiger partial charge >= 0.3 is 0 Å². The molecule has 0 spiro atoms. The van der Waals surface area contributed by atoms with Gasteiger partial charge in [0.2, 0.25) is 5.91 Å². The minimum absolute atomic E-state index is 0.284. The molecule has 3 aliphatic rings. The molecule has 3 atom stereocenters. The highest BCUT2D eigenvalue weighted by Crippen LogP contribution is 2.53. The van der Waals surface area contributed by atoms with Gasteiger partial charge in [-0.25, -0.2) is 0 Å². The highest BCUT2D eigenvalue weighted by atomic mass is 16.2. The van der Waals surface area contributed by atoms with Crippen LogP contribution in [0.15, 0.2) is 11.6 Å². The minimum Gasteiger partial charge on any atom is -0.342 e. The van der Waals surface area contributed by atoms with Crippen LogP contribution in [0.5, 0.6) is 0 Å². The fourth-order valence-corrected chi connectivity index (χ4v) is 4.46. The summed E-state index contributed by atoms with van der Waals surface area (Å²) in [6.45, 7) is 2.41. The lowest BCUT2D eigenvalue weighted by atomic mass is 9.58. The van der Waals surface area contributed by atoms with Gasteiger partial charge in [-0.2, -0.15) is 0 Å². The van der Waals surface area contributed by atoms with Crippen LogP contribution < -0.4 is 0 Å². The summed E-state index contributed by atoms with van der Waals surface area (Å²) in [4.78, 5) is 13.9. The van der Waals surface area contributed by atoms with Crippen molar-refractivity contribution in [2.45, 2.75) is 57.9 Å². The lowest BCUT2D eigenvalue weighted by Gasteiger charge is -2.54. The van der Waals surface area contributed by atoms with E-state index in [4.69, 9.17) is 0 Å². The zero-order chi connectivity index (χ0) is 12.0. The van der Waals surface area contributed by atoms with Crippen molar-refractivity contribution in [2.24, 2.45) is 11.3 Å². The molecule has 1 saturated carbocycles. The van der Waals surface area contributed by atoms with Gasteiger partial charge in [0.15, 0.2) is 0 Å². The summed E-state index contributed by atoms with van der Waals surface area (Å²) in [5.74, 6) is 1.17. The number of hydrogen-bond acceptors (Lipinski definition) is 1. The van der Waals surface area contributed by atoms with Crippen LogP contribution in [0.1, 0.15) is 51.9 Å². The third kappa shape index (κ3) is 1.56. The van der Waals surface area contributed by atoms with Crippen LogP contribution in [0.3, 0.4) is 0 Å². The number of carbonyl (C=O) groups excluding carboxylic acids is 1. The predicted octanol–water partition coefficient (Wildman–Crippen LogP) is 3.13. The molecule has 2 heteroatoms. The molecule has 0 bridgehead atoms. The first-order valence-electron chi connectivity index (χ1n) is 7.09. The Bertz CT molecular complexity index is 373. The summed E-state index contributed by atoms with van der Waals surface area (Å²) < 4.78 is 0. The summed E-state index contributed by atoms with van der Waals surface area (Å²) in [6, 6.07) is 0.462. The Labute approximate surface area is 104 Å². The first-order chi connectivity index (χ1) is 8.13. The number of rotatable bonds is 0. The van der Waals surface area contributed by atoms with Crippen LogP contribution in [-0.4, -0.2) is 23.9 Å². The van der Waals surface area contributed by atoms with Gasteiger partial charge in [0.05, 0.1) is 0 Å². The van der Waals surface area contributed by atoms with Gasteiger partial charge < -0.3 is 4.90 Å². The van der Waals surface area contributed by atoms with E-state index in [0.29, 0.717) is 11.9 Å². The molecule has 2 aliphatic carbocycles. The van der Waals surface area contributed by atoms with Gasteiger partial charge in [-0.15, -0.1) is 0 Å². The lowest BCUT2D eigenvalue weighted by Crippen LogP contribution is -2.55. The van der Waals surface area contributed by atoms with Crippen molar-refractivity contribution in [3.63, 3.8) is 0 Å². The van der Waals surface area contributed by atoms with Crippen molar-refractivity contribution in [3.05, 3.63) is 11.6 Å². The largest absolute Gasteiger partial charge is 0.342 e. The molecule has 1 unspecified atom stereocenters. The molecule has 0 N–H and O–H groups in total. The van der Waals surface area contributed by atoms with E-state index in [1.54, 1.807) is 5.57 Å². The molecule has 17 heavy (non-hydrogen) atoms. The number of piperidine rings is 1. The number of likely N-dealkylation sites (tertiary alicyclic amines) is 1. The second-order valence-electron chi connectivity index (χ2n) is 6.30. The van der Waals surface area contributed by atoms with Crippen molar-refractivity contribution in [2.75, 3.05) is 7.05 Å². The Morgan fingerprint density at radius 2 is 2.18 bits per heavy atom. The third-order valence-corrected chi connectivity index (χ3v) is 5.46. The van der Waals surface area contributed by atoms with Crippen LogP contribution >= 0.6 is 0 Å². The van der Waals surface area contributed by atoms with E-state index in [9.17, 15) is 4.79 Å². The SMILES string of the molecule is CN1C(=O)CC[C@]2(C)C3=CCCCC3CC[C@@H]12. The minimum atomic E-state index is 0.284. The van der Waals surface area contributed by atoms with Gasteiger partial charge in [-0.3, -0.25) is 4.79 Å². The molecule has 0 aromatic heterocycles. The molecule has 1 amide bonds. The van der Waals surface area contributed by atoms with Crippen LogP contribution in [0.2, 0.25) is 0 Å². The quantitative estimate of drug-likeness (QED) is 0.589. The van der Waals surface area contributed by atoms with E-state index in [1.165, 1.54) is 32.1 Å². The van der Waals surface area contributed by atoms with E-state index < -0.39 is 0 Å². The predicted molar refractivity (Wildman–Crippen MR) is 68.6 cm³/mol. The first-order valence-corrected chi connectivity index (χ1v) is 7.09. The number of allylic oxidation sites excluding steroid dienone is 1. The molecule has 0 radical (unpaired) electrons. The third-order valence-electron chi connectivity index (χ3n) is 5.46. The molecule has 2 nitrogen and oxygen atoms in total. The van der Waals surface area contributed by atoms with E-state index in [2.05, 4.69) is 13.0 Å². The number of fused-ring (bicyclic) bond motifs is 3. The van der Waals surface area contributed by atoms with Crippen molar-refractivity contribution in [3.8, 4) is 0 Å². The smallest absolute Gasteiger partial charge is 0.222 e. The lowest BCUT2D eigenvalue weighted by molar-refractivity contribution is -0.140. The average molecular weight is 233 g/mol. The summed E-state index contributed by atoms with van der Waals surface area (Å²) in [6.07, 6.45) is 10.8. The standard InChI is InChI=1S/C15H23NO/c1-15-10-9-14(17)16(2)13(15)8-7-11-5-3-4-6-12(11)15/h6,11,13H,3-5,7-10H2,1-2H3/t11?,13-,15-/m1/s1. The molecular weight excluding hydrogens is 210 g/mol. The van der Waals surface area contributed by atoms with E-state index >= 15 is 0 Å². The molecule has 94 valence electrons. The maximum Gasteiger partial charge on any atom is 0.222 e. The molecule has 0 aromatic carbocycles. The monoisotopic (exact) mass is 233 g/mol. The van der Waals surface area contributed by atoms with Crippen molar-refractivity contribution in [1.82, 2.24) is 4.90 Å². The van der Waals surface area contributed by atoms with Gasteiger partial charge in [0.1, 0.15) is 0 Å². The van der Waals surface area contributed by atoms with Crippen molar-refractivity contribution >= 4 is 5.91 Å². The highest BCUT2D eigenvalue weighted by molar-refractivity contribution is 5.77. The second-order valence-corrected chi connectivity index (χ2v) is 6.30. The van der Waals surface area contributed by atoms with E-state index in [1.807, 2.05) is 11.9 Å². The highest BCUT2D eigenvalue weighted by Gasteiger charge is 2.49. The fourth-order valence-electron chi connectivity index (χ4n) is 4.46. The normalized spacial score (nSPS) is 41.6. The fraction of sp³-hybridized carbons (Fsp3) is 0.800. The molecule has 2 fully saturated rings. The van der Waals surface area contributed by atoms with Crippen molar-refractivity contribution < 1.29 is 4.79 Å². The van der Waals surface area contributed by atoms with Gasteiger partial charge in [0.25, 0.3) is 0 Å². The summed E-state index contributed by atoms with van der Waals surface area (Å²) in [5.41, 5.74) is 1.98. The Morgan fingerprint density at radius 3 is 3.00 bits per heavy atom. The number of nitrogens with zero attached hydrogens (tertiary/aromatic N) is 1. The van der Waals surface area contributed by atoms with Crippen LogP contribution in [0.4, 0.5) is 0 Å². The molecule has 0 aromatic rings. The second kappa shape index (κ2) is 3.86. The molecule has 1 saturated heterocycles. The number of amides is 1. The Kier molecular flexibility index (Phi) is 2.57. The Balaban J connectivity index is 1.97. The van der Waals surface area contributed by atoms with Gasteiger partial charge in [0, 0.05) is 24.9 Å². The summed E-state index contributed by atoms with van der Waals surface area (Å²) >= 11 is 0. The summed E-state index contributed by atoms with van der Waals surface area (Å²) in [5, 5.41) is 0. The molecule has 3 rings (SSSR count). The summed E-state index contributed by atoms with van der Waals surface area (Å²) in [7, 11) is 2.01. The van der Waals surface area contributed by atoms with E-state index in [0.717, 1.165) is 18.8 Å². The number of carbonyl (C=O) groups is 1. The molecule has 1 heterocycles. The Hall–Kier alpha value is -0.790. The maximum atomic E-state index is 11.9. The maximum absolute atomic E-state index is 11.9. The molecule has 1 aliphatic heterocycles. The first kappa shape index (κ1) is 11.3. The molecular formula is C15H23NO. The van der Waals surface area contributed by atoms with Crippen molar-refractivity contribution in [1.29, 1.82) is 0 Å². The topological polar surface area (TPSA) is 20.3 Å². The van der Waals surface area contributed by atoms with Gasteiger partial charge in [-0.05, 0) is 44.4 Å². The van der Waals surface area contributed by atoms with E-state index in [-0.39, 0.29) is 5.41 Å². The zero-order valence-corrected chi connectivity index (χ0v) is 11.0. The zero-order valence-electron chi connectivity index (χ0n) is 11.0. The van der Waals surface area contributed by atoms with Gasteiger partial charge in [-0.1, -0.05) is 18.6 Å². The Morgan fingerprint density at radius 1 is 1.35 bits per heavy atom. The van der Waals surface area contributed by atoms with Crippen LogP contribution in [0.25, 0.3) is 0 Å².